The monoisotopic (exact) mass is 210 g/mol. The molecule has 0 bridgehead atoms. The van der Waals surface area contributed by atoms with Gasteiger partial charge in [-0.15, -0.1) is 0 Å². The molecule has 0 fully saturated rings. The summed E-state index contributed by atoms with van der Waals surface area (Å²) in [5.74, 6) is -0.780. The standard InChI is InChI=1S/C9H14N4O2/c1-4-6(14)11-7-5(2)12-13(3)8(7)9(10)15/h4H2,1-3H3,(H2,10,15)(H,11,14). The molecule has 0 radical (unpaired) electrons. The van der Waals surface area contributed by atoms with Crippen LogP contribution in [0.15, 0.2) is 0 Å². The van der Waals surface area contributed by atoms with E-state index in [9.17, 15) is 9.59 Å². The SMILES string of the molecule is CCC(=O)Nc1c(C)nn(C)c1C(N)=O. The van der Waals surface area contributed by atoms with Gasteiger partial charge in [-0.05, 0) is 6.92 Å². The Morgan fingerprint density at radius 3 is 2.60 bits per heavy atom. The van der Waals surface area contributed by atoms with E-state index in [0.717, 1.165) is 0 Å². The number of anilines is 1. The van der Waals surface area contributed by atoms with Crippen molar-refractivity contribution in [3.8, 4) is 0 Å². The van der Waals surface area contributed by atoms with E-state index >= 15 is 0 Å². The Hall–Kier alpha value is -1.85. The Morgan fingerprint density at radius 1 is 1.53 bits per heavy atom. The molecule has 0 aromatic carbocycles. The molecule has 0 spiro atoms. The van der Waals surface area contributed by atoms with Crippen molar-refractivity contribution in [1.29, 1.82) is 0 Å². The lowest BCUT2D eigenvalue weighted by Crippen LogP contribution is -2.19. The summed E-state index contributed by atoms with van der Waals surface area (Å²) >= 11 is 0. The summed E-state index contributed by atoms with van der Waals surface area (Å²) in [6, 6.07) is 0. The van der Waals surface area contributed by atoms with E-state index in [1.165, 1.54) is 4.68 Å². The number of nitrogens with zero attached hydrogens (tertiary/aromatic N) is 2. The van der Waals surface area contributed by atoms with Gasteiger partial charge in [0.25, 0.3) is 5.91 Å². The van der Waals surface area contributed by atoms with Crippen LogP contribution in [0.1, 0.15) is 29.5 Å². The van der Waals surface area contributed by atoms with Crippen molar-refractivity contribution >= 4 is 17.5 Å². The van der Waals surface area contributed by atoms with Crippen LogP contribution in [0, 0.1) is 6.92 Å². The molecule has 0 atom stereocenters. The van der Waals surface area contributed by atoms with E-state index in [2.05, 4.69) is 10.4 Å². The number of amides is 2. The number of nitrogens with one attached hydrogen (secondary N) is 1. The van der Waals surface area contributed by atoms with Crippen LogP contribution in [0.25, 0.3) is 0 Å². The quantitative estimate of drug-likeness (QED) is 0.745. The maximum Gasteiger partial charge on any atom is 0.269 e. The molecular formula is C9H14N4O2. The highest BCUT2D eigenvalue weighted by Crippen LogP contribution is 2.19. The van der Waals surface area contributed by atoms with Gasteiger partial charge < -0.3 is 11.1 Å². The molecule has 1 aromatic heterocycles. The highest BCUT2D eigenvalue weighted by atomic mass is 16.2. The number of primary amides is 1. The summed E-state index contributed by atoms with van der Waals surface area (Å²) in [6.45, 7) is 3.43. The number of hydrogen-bond donors (Lipinski definition) is 2. The smallest absolute Gasteiger partial charge is 0.269 e. The molecule has 0 aliphatic heterocycles. The van der Waals surface area contributed by atoms with Crippen LogP contribution in [0.2, 0.25) is 0 Å². The number of nitrogens with two attached hydrogens (primary N) is 1. The second-order valence-corrected chi connectivity index (χ2v) is 3.20. The Balaban J connectivity index is 3.15. The van der Waals surface area contributed by atoms with Gasteiger partial charge in [0, 0.05) is 13.5 Å². The zero-order valence-electron chi connectivity index (χ0n) is 9.00. The van der Waals surface area contributed by atoms with Gasteiger partial charge in [0.2, 0.25) is 5.91 Å². The number of aromatic nitrogens is 2. The summed E-state index contributed by atoms with van der Waals surface area (Å²) in [5.41, 5.74) is 6.39. The van der Waals surface area contributed by atoms with Crippen molar-refractivity contribution in [2.45, 2.75) is 20.3 Å². The Morgan fingerprint density at radius 2 is 2.13 bits per heavy atom. The molecule has 0 unspecified atom stereocenters. The van der Waals surface area contributed by atoms with Crippen molar-refractivity contribution in [2.24, 2.45) is 12.8 Å². The van der Waals surface area contributed by atoms with Crippen LogP contribution in [0.5, 0.6) is 0 Å². The van der Waals surface area contributed by atoms with E-state index in [1.54, 1.807) is 20.9 Å². The van der Waals surface area contributed by atoms with Gasteiger partial charge >= 0.3 is 0 Å². The van der Waals surface area contributed by atoms with Crippen molar-refractivity contribution in [3.05, 3.63) is 11.4 Å². The topological polar surface area (TPSA) is 90.0 Å². The molecule has 0 aliphatic rings. The van der Waals surface area contributed by atoms with Crippen molar-refractivity contribution in [3.63, 3.8) is 0 Å². The minimum Gasteiger partial charge on any atom is -0.364 e. The Labute approximate surface area is 87.4 Å². The maximum atomic E-state index is 11.2. The number of rotatable bonds is 3. The van der Waals surface area contributed by atoms with Crippen LogP contribution in [0.3, 0.4) is 0 Å². The van der Waals surface area contributed by atoms with Crippen LogP contribution < -0.4 is 11.1 Å². The maximum absolute atomic E-state index is 11.2. The highest BCUT2D eigenvalue weighted by Gasteiger charge is 2.18. The molecule has 2 amide bonds. The summed E-state index contributed by atoms with van der Waals surface area (Å²) in [4.78, 5) is 22.4. The molecule has 15 heavy (non-hydrogen) atoms. The Bertz CT molecular complexity index is 408. The lowest BCUT2D eigenvalue weighted by molar-refractivity contribution is -0.115. The molecule has 6 heteroatoms. The molecule has 0 saturated carbocycles. The van der Waals surface area contributed by atoms with Crippen LogP contribution >= 0.6 is 0 Å². The van der Waals surface area contributed by atoms with Crippen LogP contribution in [-0.2, 0) is 11.8 Å². The lowest BCUT2D eigenvalue weighted by atomic mass is 10.2. The summed E-state index contributed by atoms with van der Waals surface area (Å²) < 4.78 is 1.36. The first-order valence-electron chi connectivity index (χ1n) is 4.60. The van der Waals surface area contributed by atoms with Crippen LogP contribution in [0.4, 0.5) is 5.69 Å². The number of aryl methyl sites for hydroxylation is 2. The third-order valence-electron chi connectivity index (χ3n) is 2.04. The van der Waals surface area contributed by atoms with E-state index < -0.39 is 5.91 Å². The van der Waals surface area contributed by atoms with Gasteiger partial charge in [0.05, 0.1) is 11.4 Å². The average molecular weight is 210 g/mol. The minimum atomic E-state index is -0.607. The third-order valence-corrected chi connectivity index (χ3v) is 2.04. The molecule has 0 aliphatic carbocycles. The Kier molecular flexibility index (Phi) is 3.08. The fourth-order valence-corrected chi connectivity index (χ4v) is 1.32. The van der Waals surface area contributed by atoms with E-state index in [-0.39, 0.29) is 11.6 Å². The first-order chi connectivity index (χ1) is 6.97. The normalized spacial score (nSPS) is 10.1. The van der Waals surface area contributed by atoms with Gasteiger partial charge in [-0.1, -0.05) is 6.92 Å². The van der Waals surface area contributed by atoms with Gasteiger partial charge in [-0.3, -0.25) is 14.3 Å². The zero-order valence-corrected chi connectivity index (χ0v) is 9.00. The number of carbonyl (C=O) groups excluding carboxylic acids is 2. The highest BCUT2D eigenvalue weighted by molar-refractivity contribution is 6.02. The molecule has 1 rings (SSSR count). The lowest BCUT2D eigenvalue weighted by Gasteiger charge is -2.04. The van der Waals surface area contributed by atoms with Gasteiger partial charge in [0.15, 0.2) is 0 Å². The molecular weight excluding hydrogens is 196 g/mol. The molecule has 1 heterocycles. The third kappa shape index (κ3) is 2.15. The van der Waals surface area contributed by atoms with Gasteiger partial charge in [-0.2, -0.15) is 5.10 Å². The molecule has 6 nitrogen and oxygen atoms in total. The largest absolute Gasteiger partial charge is 0.364 e. The van der Waals surface area contributed by atoms with Crippen LogP contribution in [-0.4, -0.2) is 21.6 Å². The minimum absolute atomic E-state index is 0.173. The van der Waals surface area contributed by atoms with Gasteiger partial charge in [0.1, 0.15) is 5.69 Å². The second-order valence-electron chi connectivity index (χ2n) is 3.20. The predicted molar refractivity (Wildman–Crippen MR) is 55.4 cm³/mol. The first kappa shape index (κ1) is 11.2. The van der Waals surface area contributed by atoms with Crippen molar-refractivity contribution in [1.82, 2.24) is 9.78 Å². The number of hydrogen-bond acceptors (Lipinski definition) is 3. The molecule has 3 N–H and O–H groups in total. The summed E-state index contributed by atoms with van der Waals surface area (Å²) in [5, 5.41) is 6.63. The fourth-order valence-electron chi connectivity index (χ4n) is 1.32. The molecule has 82 valence electrons. The average Bonchev–Trinajstić information content (AvgIpc) is 2.41. The van der Waals surface area contributed by atoms with Crippen molar-refractivity contribution in [2.75, 3.05) is 5.32 Å². The number of carbonyl (C=O) groups is 2. The zero-order chi connectivity index (χ0) is 11.6. The van der Waals surface area contributed by atoms with Crippen molar-refractivity contribution < 1.29 is 9.59 Å². The predicted octanol–water partition coefficient (Wildman–Crippen LogP) is 0.176. The first-order valence-corrected chi connectivity index (χ1v) is 4.60. The van der Waals surface area contributed by atoms with E-state index in [4.69, 9.17) is 5.73 Å². The second kappa shape index (κ2) is 4.12. The summed E-state index contributed by atoms with van der Waals surface area (Å²) in [7, 11) is 1.61. The summed E-state index contributed by atoms with van der Waals surface area (Å²) in [6.07, 6.45) is 0.340. The van der Waals surface area contributed by atoms with E-state index in [0.29, 0.717) is 17.8 Å². The molecule has 0 saturated heterocycles. The van der Waals surface area contributed by atoms with E-state index in [1.807, 2.05) is 0 Å². The fraction of sp³-hybridized carbons (Fsp3) is 0.444. The van der Waals surface area contributed by atoms with Gasteiger partial charge in [-0.25, -0.2) is 0 Å². The molecule has 1 aromatic rings.